The van der Waals surface area contributed by atoms with Crippen LogP contribution in [0.25, 0.3) is 0 Å². The third kappa shape index (κ3) is 3.58. The largest absolute Gasteiger partial charge is 0.311 e. The highest BCUT2D eigenvalue weighted by molar-refractivity contribution is 5.27. The van der Waals surface area contributed by atoms with Gasteiger partial charge in [0, 0.05) is 12.1 Å². The maximum atomic E-state index is 3.76. The van der Waals surface area contributed by atoms with Crippen molar-refractivity contribution < 1.29 is 0 Å². The maximum absolute atomic E-state index is 3.76. The van der Waals surface area contributed by atoms with E-state index < -0.39 is 0 Å². The van der Waals surface area contributed by atoms with E-state index in [1.54, 1.807) is 0 Å². The van der Waals surface area contributed by atoms with Gasteiger partial charge in [0.05, 0.1) is 0 Å². The molecule has 1 atom stereocenters. The maximum Gasteiger partial charge on any atom is 0.00812 e. The first-order valence-corrected chi connectivity index (χ1v) is 7.37. The Morgan fingerprint density at radius 2 is 1.94 bits per heavy atom. The fourth-order valence-electron chi connectivity index (χ4n) is 3.13. The quantitative estimate of drug-likeness (QED) is 0.817. The number of nitrogens with one attached hydrogen (secondary N) is 1. The number of aryl methyl sites for hydroxylation is 1. The van der Waals surface area contributed by atoms with E-state index in [9.17, 15) is 0 Å². The molecule has 0 aromatic heterocycles. The molecule has 0 saturated heterocycles. The van der Waals surface area contributed by atoms with Crippen molar-refractivity contribution in [2.24, 2.45) is 5.92 Å². The lowest BCUT2D eigenvalue weighted by Crippen LogP contribution is -2.44. The van der Waals surface area contributed by atoms with Gasteiger partial charge in [0.15, 0.2) is 0 Å². The predicted octanol–water partition coefficient (Wildman–Crippen LogP) is 4.27. The number of hydrogen-bond acceptors (Lipinski definition) is 1. The zero-order chi connectivity index (χ0) is 13.1. The van der Waals surface area contributed by atoms with Crippen LogP contribution in [0.2, 0.25) is 0 Å². The highest BCUT2D eigenvalue weighted by Gasteiger charge is 2.30. The van der Waals surface area contributed by atoms with Crippen LogP contribution < -0.4 is 5.32 Å². The molecular weight excluding hydrogens is 218 g/mol. The molecule has 0 bridgehead atoms. The first-order valence-electron chi connectivity index (χ1n) is 7.37. The molecule has 1 aromatic rings. The third-order valence-electron chi connectivity index (χ3n) is 4.00. The normalized spacial score (nSPS) is 24.9. The lowest BCUT2D eigenvalue weighted by Gasteiger charge is -2.38. The Hall–Kier alpha value is -0.820. The van der Waals surface area contributed by atoms with Gasteiger partial charge in [-0.3, -0.25) is 0 Å². The molecule has 2 rings (SSSR count). The van der Waals surface area contributed by atoms with Crippen LogP contribution in [-0.4, -0.2) is 12.1 Å². The molecule has 1 aliphatic rings. The van der Waals surface area contributed by atoms with Gasteiger partial charge in [-0.05, 0) is 50.5 Å². The highest BCUT2D eigenvalue weighted by Crippen LogP contribution is 2.37. The van der Waals surface area contributed by atoms with Gasteiger partial charge >= 0.3 is 0 Å². The average molecular weight is 245 g/mol. The summed E-state index contributed by atoms with van der Waals surface area (Å²) in [7, 11) is 0. The summed E-state index contributed by atoms with van der Waals surface area (Å²) in [6, 6.07) is 10.4. The average Bonchev–Trinajstić information content (AvgIpc) is 2.21. The van der Waals surface area contributed by atoms with Crippen LogP contribution in [0.1, 0.15) is 57.1 Å². The van der Waals surface area contributed by atoms with Gasteiger partial charge < -0.3 is 5.32 Å². The Labute approximate surface area is 112 Å². The van der Waals surface area contributed by atoms with E-state index in [-0.39, 0.29) is 0 Å². The molecule has 0 aliphatic heterocycles. The topological polar surface area (TPSA) is 12.0 Å². The summed E-state index contributed by atoms with van der Waals surface area (Å²) in [5.41, 5.74) is 2.92. The molecule has 1 N–H and O–H groups in total. The number of benzene rings is 1. The number of hydrogen-bond donors (Lipinski definition) is 1. The summed E-state index contributed by atoms with van der Waals surface area (Å²) in [5.74, 6) is 1.58. The van der Waals surface area contributed by atoms with E-state index in [0.29, 0.717) is 6.04 Å². The van der Waals surface area contributed by atoms with Crippen molar-refractivity contribution in [1.29, 1.82) is 0 Å². The molecule has 0 radical (unpaired) electrons. The zero-order valence-corrected chi connectivity index (χ0v) is 12.2. The van der Waals surface area contributed by atoms with Crippen molar-refractivity contribution in [2.75, 3.05) is 0 Å². The fourth-order valence-corrected chi connectivity index (χ4v) is 3.13. The Morgan fingerprint density at radius 1 is 1.22 bits per heavy atom. The molecule has 100 valence electrons. The van der Waals surface area contributed by atoms with Crippen molar-refractivity contribution in [3.8, 4) is 0 Å². The summed E-state index contributed by atoms with van der Waals surface area (Å²) in [6.07, 6.45) is 3.91. The van der Waals surface area contributed by atoms with Crippen molar-refractivity contribution in [3.05, 3.63) is 35.4 Å². The van der Waals surface area contributed by atoms with Crippen molar-refractivity contribution in [3.63, 3.8) is 0 Å². The highest BCUT2D eigenvalue weighted by atomic mass is 15.0. The first-order chi connectivity index (χ1) is 8.54. The second-order valence-corrected chi connectivity index (χ2v) is 6.48. The second kappa shape index (κ2) is 5.88. The molecule has 1 heteroatoms. The molecule has 1 saturated carbocycles. The van der Waals surface area contributed by atoms with Gasteiger partial charge in [-0.2, -0.15) is 0 Å². The second-order valence-electron chi connectivity index (χ2n) is 6.48. The van der Waals surface area contributed by atoms with Crippen molar-refractivity contribution >= 4 is 0 Å². The minimum atomic E-state index is 0.661. The monoisotopic (exact) mass is 245 g/mol. The molecule has 1 aliphatic carbocycles. The van der Waals surface area contributed by atoms with Gasteiger partial charge in [0.1, 0.15) is 0 Å². The SMILES string of the molecule is Cc1cccc(C2CC(NC(C)CC(C)C)C2)c1. The third-order valence-corrected chi connectivity index (χ3v) is 4.00. The van der Waals surface area contributed by atoms with E-state index in [1.165, 1.54) is 30.4 Å². The van der Waals surface area contributed by atoms with Gasteiger partial charge in [-0.25, -0.2) is 0 Å². The molecule has 1 nitrogen and oxygen atoms in total. The van der Waals surface area contributed by atoms with Crippen LogP contribution in [0.5, 0.6) is 0 Å². The lowest BCUT2D eigenvalue weighted by atomic mass is 9.75. The van der Waals surface area contributed by atoms with E-state index in [2.05, 4.69) is 57.3 Å². The van der Waals surface area contributed by atoms with E-state index in [1.807, 2.05) is 0 Å². The summed E-state index contributed by atoms with van der Waals surface area (Å²) in [6.45, 7) is 9.10. The van der Waals surface area contributed by atoms with E-state index >= 15 is 0 Å². The zero-order valence-electron chi connectivity index (χ0n) is 12.2. The summed E-state index contributed by atoms with van der Waals surface area (Å²) in [4.78, 5) is 0. The Balaban J connectivity index is 1.77. The molecule has 0 spiro atoms. The predicted molar refractivity (Wildman–Crippen MR) is 79.0 cm³/mol. The molecule has 1 fully saturated rings. The molecule has 1 unspecified atom stereocenters. The summed E-state index contributed by atoms with van der Waals surface area (Å²) >= 11 is 0. The first kappa shape index (κ1) is 13.6. The lowest BCUT2D eigenvalue weighted by molar-refractivity contribution is 0.257. The smallest absolute Gasteiger partial charge is 0.00812 e. The molecule has 0 heterocycles. The van der Waals surface area contributed by atoms with Crippen molar-refractivity contribution in [1.82, 2.24) is 5.32 Å². The standard InChI is InChI=1S/C17H27N/c1-12(2)8-14(4)18-17-10-16(11-17)15-7-5-6-13(3)9-15/h5-7,9,12,14,16-18H,8,10-11H2,1-4H3. The van der Waals surface area contributed by atoms with Gasteiger partial charge in [0.2, 0.25) is 0 Å². The fraction of sp³-hybridized carbons (Fsp3) is 0.647. The van der Waals surface area contributed by atoms with Crippen molar-refractivity contribution in [2.45, 2.75) is 65.0 Å². The molecule has 1 aromatic carbocycles. The van der Waals surface area contributed by atoms with Crippen LogP contribution in [0.3, 0.4) is 0 Å². The summed E-state index contributed by atoms with van der Waals surface area (Å²) in [5, 5.41) is 3.76. The van der Waals surface area contributed by atoms with Crippen LogP contribution in [0.4, 0.5) is 0 Å². The summed E-state index contributed by atoms with van der Waals surface area (Å²) < 4.78 is 0. The van der Waals surface area contributed by atoms with Crippen LogP contribution in [0, 0.1) is 12.8 Å². The Morgan fingerprint density at radius 3 is 2.56 bits per heavy atom. The molecule has 18 heavy (non-hydrogen) atoms. The molecular formula is C17H27N. The minimum absolute atomic E-state index is 0.661. The van der Waals surface area contributed by atoms with Gasteiger partial charge in [-0.15, -0.1) is 0 Å². The Kier molecular flexibility index (Phi) is 4.45. The van der Waals surface area contributed by atoms with E-state index in [4.69, 9.17) is 0 Å². The van der Waals surface area contributed by atoms with Crippen LogP contribution in [-0.2, 0) is 0 Å². The minimum Gasteiger partial charge on any atom is -0.311 e. The van der Waals surface area contributed by atoms with Crippen LogP contribution in [0.15, 0.2) is 24.3 Å². The van der Waals surface area contributed by atoms with Crippen LogP contribution >= 0.6 is 0 Å². The molecule has 0 amide bonds. The van der Waals surface area contributed by atoms with Gasteiger partial charge in [0.25, 0.3) is 0 Å². The Bertz CT molecular complexity index is 377. The number of rotatable bonds is 5. The van der Waals surface area contributed by atoms with E-state index in [0.717, 1.165) is 17.9 Å². The van der Waals surface area contributed by atoms with Gasteiger partial charge in [-0.1, -0.05) is 43.7 Å².